The molecule has 12 heteroatoms. The van der Waals surface area contributed by atoms with Gasteiger partial charge in [-0.05, 0) is 87.5 Å². The van der Waals surface area contributed by atoms with E-state index in [1.807, 2.05) is 0 Å². The quantitative estimate of drug-likeness (QED) is 0.319. The lowest BCUT2D eigenvalue weighted by Gasteiger charge is -2.31. The Hall–Kier alpha value is -3.83. The molecule has 3 N–H and O–H groups in total. The van der Waals surface area contributed by atoms with Crippen LogP contribution in [0.2, 0.25) is 0 Å². The van der Waals surface area contributed by atoms with Crippen molar-refractivity contribution in [3.63, 3.8) is 0 Å². The average Bonchev–Trinajstić information content (AvgIpc) is 3.56. The molecule has 3 aliphatic carbocycles. The van der Waals surface area contributed by atoms with Gasteiger partial charge in [-0.15, -0.1) is 0 Å². The molecule has 2 bridgehead atoms. The van der Waals surface area contributed by atoms with Crippen LogP contribution in [0.4, 0.5) is 23.2 Å². The fourth-order valence-electron chi connectivity index (χ4n) is 6.98. The summed E-state index contributed by atoms with van der Waals surface area (Å²) in [6.45, 7) is 1.30. The fraction of sp³-hybridized carbons (Fsp3) is 0.516. The lowest BCUT2D eigenvalue weighted by molar-refractivity contribution is -0.143. The van der Waals surface area contributed by atoms with Crippen LogP contribution in [0, 0.1) is 36.4 Å². The van der Waals surface area contributed by atoms with Gasteiger partial charge < -0.3 is 25.2 Å². The van der Waals surface area contributed by atoms with E-state index in [0.717, 1.165) is 25.0 Å². The van der Waals surface area contributed by atoms with Crippen molar-refractivity contribution in [2.45, 2.75) is 70.2 Å². The molecule has 232 valence electrons. The number of benzene rings is 2. The van der Waals surface area contributed by atoms with E-state index in [1.165, 1.54) is 32.2 Å². The number of alkyl halides is 3. The molecule has 0 spiro atoms. The molecule has 43 heavy (non-hydrogen) atoms. The number of hydrogen-bond acceptors (Lipinski definition) is 5. The minimum atomic E-state index is -4.57. The number of carboxylic acid groups (broad SMARTS) is 1. The normalized spacial score (nSPS) is 26.6. The van der Waals surface area contributed by atoms with E-state index in [4.69, 9.17) is 9.47 Å². The minimum absolute atomic E-state index is 0.00103. The Morgan fingerprint density at radius 3 is 2.33 bits per heavy atom. The first kappa shape index (κ1) is 30.6. The minimum Gasteiger partial charge on any atom is -0.496 e. The van der Waals surface area contributed by atoms with Crippen molar-refractivity contribution >= 4 is 23.5 Å². The maximum Gasteiger partial charge on any atom is 0.416 e. The Labute approximate surface area is 246 Å². The Morgan fingerprint density at radius 1 is 0.977 bits per heavy atom. The maximum atomic E-state index is 14.9. The number of nitrogens with one attached hydrogen (secondary N) is 2. The number of anilines is 1. The van der Waals surface area contributed by atoms with Gasteiger partial charge in [-0.2, -0.15) is 13.2 Å². The van der Waals surface area contributed by atoms with Crippen LogP contribution in [-0.4, -0.2) is 42.1 Å². The van der Waals surface area contributed by atoms with Gasteiger partial charge in [-0.1, -0.05) is 6.07 Å². The number of carbonyl (C=O) groups is 3. The lowest BCUT2D eigenvalue weighted by Crippen LogP contribution is -2.48. The van der Waals surface area contributed by atoms with Crippen LogP contribution in [-0.2, 0) is 15.8 Å². The summed E-state index contributed by atoms with van der Waals surface area (Å²) in [6.07, 6.45) is -1.07. The number of carboxylic acids is 1. The molecule has 0 aromatic heterocycles. The van der Waals surface area contributed by atoms with Crippen molar-refractivity contribution in [2.24, 2.45) is 23.7 Å². The van der Waals surface area contributed by atoms with E-state index in [9.17, 15) is 37.1 Å². The molecule has 0 heterocycles. The zero-order valence-corrected chi connectivity index (χ0v) is 23.8. The van der Waals surface area contributed by atoms with Crippen molar-refractivity contribution in [2.75, 3.05) is 12.4 Å². The van der Waals surface area contributed by atoms with Crippen molar-refractivity contribution in [3.05, 3.63) is 52.8 Å². The Bertz CT molecular complexity index is 1410. The molecule has 0 aliphatic heterocycles. The van der Waals surface area contributed by atoms with E-state index in [2.05, 4.69) is 10.6 Å². The van der Waals surface area contributed by atoms with Crippen LogP contribution < -0.4 is 20.1 Å². The SMILES string of the molecule is COc1cc(F)c(O[C@H]2CC[C@@H](C(=O)O)CC2)cc1C(=O)N[C@@H]1[C@H]2CC[C@H](C2)[C@@H]1C(=O)Nc1cccc(C(F)(F)F)c1C. The first-order valence-electron chi connectivity index (χ1n) is 14.4. The van der Waals surface area contributed by atoms with Crippen LogP contribution in [0.25, 0.3) is 0 Å². The molecular weight excluding hydrogens is 572 g/mol. The molecular formula is C31H34F4N2O6. The summed E-state index contributed by atoms with van der Waals surface area (Å²) in [4.78, 5) is 38.3. The van der Waals surface area contributed by atoms with Gasteiger partial charge in [0, 0.05) is 17.8 Å². The first-order valence-corrected chi connectivity index (χ1v) is 14.4. The molecule has 0 radical (unpaired) electrons. The van der Waals surface area contributed by atoms with Gasteiger partial charge in [-0.3, -0.25) is 14.4 Å². The molecule has 0 saturated heterocycles. The number of methoxy groups -OCH3 is 1. The molecule has 0 unspecified atom stereocenters. The fourth-order valence-corrected chi connectivity index (χ4v) is 6.98. The molecule has 3 saturated carbocycles. The molecule has 2 aromatic carbocycles. The van der Waals surface area contributed by atoms with Gasteiger partial charge in [0.25, 0.3) is 5.91 Å². The van der Waals surface area contributed by atoms with Crippen LogP contribution >= 0.6 is 0 Å². The monoisotopic (exact) mass is 606 g/mol. The lowest BCUT2D eigenvalue weighted by atomic mass is 9.83. The summed E-state index contributed by atoms with van der Waals surface area (Å²) in [5.74, 6) is -4.03. The van der Waals surface area contributed by atoms with E-state index in [-0.39, 0.29) is 40.1 Å². The standard InChI is InChI=1S/C31H34F4N2O6/c1-15-21(31(33,34)35)4-3-5-23(15)36-29(39)26-17-6-7-18(12-17)27(26)37-28(38)20-13-25(22(32)14-24(20)42-2)43-19-10-8-16(9-11-19)30(40)41/h3-5,13-14,16-19,26-27H,6-12H2,1-2H3,(H,36,39)(H,37,38)(H,40,41)/t16-,17-,18+,19+,26+,27-/m1/s1. The summed E-state index contributed by atoms with van der Waals surface area (Å²) in [5.41, 5.74) is -0.854. The molecule has 4 atom stereocenters. The Balaban J connectivity index is 1.33. The van der Waals surface area contributed by atoms with Crippen LogP contribution in [0.15, 0.2) is 30.3 Å². The summed E-state index contributed by atoms with van der Waals surface area (Å²) >= 11 is 0. The van der Waals surface area contributed by atoms with Gasteiger partial charge in [0.15, 0.2) is 11.6 Å². The van der Waals surface area contributed by atoms with Crippen LogP contribution in [0.5, 0.6) is 11.5 Å². The Morgan fingerprint density at radius 2 is 1.67 bits per heavy atom. The number of aliphatic carboxylic acids is 1. The number of fused-ring (bicyclic) bond motifs is 2. The number of halogens is 4. The van der Waals surface area contributed by atoms with E-state index < -0.39 is 59.3 Å². The van der Waals surface area contributed by atoms with E-state index in [0.29, 0.717) is 32.1 Å². The molecule has 2 aromatic rings. The molecule has 3 aliphatic rings. The highest BCUT2D eigenvalue weighted by molar-refractivity contribution is 5.99. The van der Waals surface area contributed by atoms with Gasteiger partial charge in [0.1, 0.15) is 5.75 Å². The largest absolute Gasteiger partial charge is 0.496 e. The first-order chi connectivity index (χ1) is 20.4. The highest BCUT2D eigenvalue weighted by atomic mass is 19.4. The summed E-state index contributed by atoms with van der Waals surface area (Å²) in [6, 6.07) is 5.34. The van der Waals surface area contributed by atoms with Gasteiger partial charge in [0.05, 0.1) is 36.2 Å². The highest BCUT2D eigenvalue weighted by Gasteiger charge is 2.51. The molecule has 5 rings (SSSR count). The third-order valence-electron chi connectivity index (χ3n) is 9.23. The van der Waals surface area contributed by atoms with Crippen molar-refractivity contribution in [1.82, 2.24) is 5.32 Å². The van der Waals surface area contributed by atoms with Gasteiger partial charge >= 0.3 is 12.1 Å². The summed E-state index contributed by atoms with van der Waals surface area (Å²) in [5, 5.41) is 14.8. The van der Waals surface area contributed by atoms with Gasteiger partial charge in [0.2, 0.25) is 5.91 Å². The smallest absolute Gasteiger partial charge is 0.416 e. The number of amides is 2. The third kappa shape index (κ3) is 6.28. The molecule has 3 fully saturated rings. The second kappa shape index (κ2) is 12.0. The van der Waals surface area contributed by atoms with Crippen LogP contribution in [0.3, 0.4) is 0 Å². The Kier molecular flexibility index (Phi) is 8.58. The van der Waals surface area contributed by atoms with E-state index in [1.54, 1.807) is 0 Å². The number of carbonyl (C=O) groups excluding carboxylic acids is 2. The third-order valence-corrected chi connectivity index (χ3v) is 9.23. The summed E-state index contributed by atoms with van der Waals surface area (Å²) in [7, 11) is 1.30. The van der Waals surface area contributed by atoms with Crippen LogP contribution in [0.1, 0.15) is 66.4 Å². The van der Waals surface area contributed by atoms with Gasteiger partial charge in [-0.25, -0.2) is 4.39 Å². The molecule has 2 amide bonds. The number of rotatable bonds is 8. The van der Waals surface area contributed by atoms with Crippen molar-refractivity contribution in [1.29, 1.82) is 0 Å². The highest BCUT2D eigenvalue weighted by Crippen LogP contribution is 2.49. The second-order valence-corrected chi connectivity index (χ2v) is 11.7. The zero-order chi connectivity index (χ0) is 31.1. The molecule has 8 nitrogen and oxygen atoms in total. The predicted octanol–water partition coefficient (Wildman–Crippen LogP) is 5.97. The number of ether oxygens (including phenoxy) is 2. The van der Waals surface area contributed by atoms with Crippen molar-refractivity contribution < 1.29 is 46.5 Å². The topological polar surface area (TPSA) is 114 Å². The average molecular weight is 607 g/mol. The van der Waals surface area contributed by atoms with Crippen molar-refractivity contribution in [3.8, 4) is 11.5 Å². The summed E-state index contributed by atoms with van der Waals surface area (Å²) < 4.78 is 66.3. The predicted molar refractivity (Wildman–Crippen MR) is 147 cm³/mol. The second-order valence-electron chi connectivity index (χ2n) is 11.7. The number of hydrogen-bond donors (Lipinski definition) is 3. The maximum absolute atomic E-state index is 14.9. The van der Waals surface area contributed by atoms with E-state index >= 15 is 0 Å². The zero-order valence-electron chi connectivity index (χ0n) is 23.8.